The van der Waals surface area contributed by atoms with Crippen LogP contribution in [-0.2, 0) is 14.5 Å². The third-order valence-corrected chi connectivity index (χ3v) is 9.18. The maximum atomic E-state index is 6.54. The fourth-order valence-electron chi connectivity index (χ4n) is 1.46. The molecule has 0 aromatic heterocycles. The quantitative estimate of drug-likeness (QED) is 0.737. The van der Waals surface area contributed by atoms with Gasteiger partial charge < -0.3 is 0 Å². The Morgan fingerprint density at radius 3 is 1.27 bits per heavy atom. The molecule has 0 spiro atoms. The monoisotopic (exact) mass is 272 g/mol. The maximum absolute atomic E-state index is 6.54. The third-order valence-electron chi connectivity index (χ3n) is 2.27. The number of hydrogen-bond acceptors (Lipinski definition) is 0. The molecular weight excluding hydrogens is 263 g/mol. The summed E-state index contributed by atoms with van der Waals surface area (Å²) in [4.78, 5) is 0. The van der Waals surface area contributed by atoms with E-state index in [0.29, 0.717) is 0 Å². The van der Waals surface area contributed by atoms with Crippen LogP contribution in [-0.4, -0.2) is 0 Å². The molecule has 0 N–H and O–H groups in total. The molecule has 76 valence electrons. The van der Waals surface area contributed by atoms with Crippen molar-refractivity contribution in [1.29, 1.82) is 0 Å². The van der Waals surface area contributed by atoms with Crippen molar-refractivity contribution in [3.8, 4) is 0 Å². The van der Waals surface area contributed by atoms with E-state index in [4.69, 9.17) is 18.6 Å². The summed E-state index contributed by atoms with van der Waals surface area (Å²) in [6.07, 6.45) is 0. The van der Waals surface area contributed by atoms with Gasteiger partial charge in [-0.3, -0.25) is 0 Å². The molecular formula is C12H10Cl2Ti. The molecule has 0 nitrogen and oxygen atoms in total. The van der Waals surface area contributed by atoms with E-state index in [9.17, 15) is 0 Å². The number of halogens is 2. The Labute approximate surface area is 101 Å². The van der Waals surface area contributed by atoms with Crippen molar-refractivity contribution in [2.75, 3.05) is 0 Å². The molecule has 0 radical (unpaired) electrons. The Hall–Kier alpha value is -0.266. The van der Waals surface area contributed by atoms with Gasteiger partial charge in [0, 0.05) is 0 Å². The van der Waals surface area contributed by atoms with Gasteiger partial charge in [0.25, 0.3) is 0 Å². The molecule has 0 bridgehead atoms. The Morgan fingerprint density at radius 2 is 0.933 bits per heavy atom. The second-order valence-electron chi connectivity index (χ2n) is 3.31. The van der Waals surface area contributed by atoms with Crippen molar-refractivity contribution in [3.63, 3.8) is 0 Å². The van der Waals surface area contributed by atoms with E-state index in [0.717, 1.165) is 7.74 Å². The van der Waals surface area contributed by atoms with Crippen molar-refractivity contribution in [2.45, 2.75) is 0 Å². The van der Waals surface area contributed by atoms with Gasteiger partial charge in [-0.2, -0.15) is 0 Å². The van der Waals surface area contributed by atoms with E-state index < -0.39 is 14.5 Å². The topological polar surface area (TPSA) is 0 Å². The summed E-state index contributed by atoms with van der Waals surface area (Å²) in [6, 6.07) is 19.9. The van der Waals surface area contributed by atoms with Gasteiger partial charge in [0.15, 0.2) is 0 Å². The molecule has 0 aliphatic heterocycles. The predicted molar refractivity (Wildman–Crippen MR) is 63.9 cm³/mol. The summed E-state index contributed by atoms with van der Waals surface area (Å²) < 4.78 is 2.15. The van der Waals surface area contributed by atoms with E-state index in [2.05, 4.69) is 0 Å². The molecule has 0 atom stereocenters. The van der Waals surface area contributed by atoms with Gasteiger partial charge >= 0.3 is 101 Å². The van der Waals surface area contributed by atoms with Crippen LogP contribution in [0.4, 0.5) is 0 Å². The second kappa shape index (κ2) is 4.71. The van der Waals surface area contributed by atoms with Crippen LogP contribution in [0.1, 0.15) is 0 Å². The van der Waals surface area contributed by atoms with Gasteiger partial charge in [-0.15, -0.1) is 0 Å². The van der Waals surface area contributed by atoms with Gasteiger partial charge in [-0.1, -0.05) is 0 Å². The minimum absolute atomic E-state index is 1.08. The molecule has 0 saturated heterocycles. The van der Waals surface area contributed by atoms with Crippen LogP contribution in [0, 0.1) is 0 Å². The molecule has 0 fully saturated rings. The zero-order valence-corrected chi connectivity index (χ0v) is 11.1. The Kier molecular flexibility index (Phi) is 3.53. The molecule has 2 aromatic carbocycles. The fraction of sp³-hybridized carbons (Fsp3) is 0. The number of rotatable bonds is 2. The first-order valence-corrected chi connectivity index (χ1v) is 10.6. The average Bonchev–Trinajstić information content (AvgIpc) is 2.31. The van der Waals surface area contributed by atoms with Crippen molar-refractivity contribution >= 4 is 26.3 Å². The van der Waals surface area contributed by atoms with Crippen molar-refractivity contribution in [3.05, 3.63) is 60.7 Å². The third kappa shape index (κ3) is 2.46. The normalized spacial score (nSPS) is 11.3. The van der Waals surface area contributed by atoms with Crippen LogP contribution in [0.15, 0.2) is 60.7 Å². The van der Waals surface area contributed by atoms with Gasteiger partial charge in [0.2, 0.25) is 0 Å². The van der Waals surface area contributed by atoms with Gasteiger partial charge in [0.05, 0.1) is 0 Å². The van der Waals surface area contributed by atoms with Crippen LogP contribution < -0.4 is 7.74 Å². The first-order chi connectivity index (χ1) is 7.21. The van der Waals surface area contributed by atoms with Crippen molar-refractivity contribution in [2.24, 2.45) is 0 Å². The molecule has 0 aliphatic rings. The summed E-state index contributed by atoms with van der Waals surface area (Å²) in [6.45, 7) is 0. The zero-order valence-electron chi connectivity index (χ0n) is 8.03. The van der Waals surface area contributed by atoms with Gasteiger partial charge in [-0.05, 0) is 0 Å². The van der Waals surface area contributed by atoms with Crippen LogP contribution in [0.25, 0.3) is 0 Å². The molecule has 0 heterocycles. The summed E-state index contributed by atoms with van der Waals surface area (Å²) in [5.74, 6) is 0. The summed E-state index contributed by atoms with van der Waals surface area (Å²) in [5, 5.41) is 0. The SMILES string of the molecule is [Cl][Ti]([Cl])([c]1ccccc1)[c]1ccccc1. The summed E-state index contributed by atoms with van der Waals surface area (Å²) in [5.41, 5.74) is 0. The standard InChI is InChI=1S/2C6H5.2ClH.Ti/c2*1-2-4-6-5-3-1;;;/h2*1-5H;2*1H;/q;;;;+2/p-2. The summed E-state index contributed by atoms with van der Waals surface area (Å²) in [7, 11) is 13.1. The van der Waals surface area contributed by atoms with Crippen LogP contribution in [0.5, 0.6) is 0 Å². The van der Waals surface area contributed by atoms with E-state index in [1.807, 2.05) is 60.7 Å². The molecule has 3 heteroatoms. The first kappa shape index (κ1) is 11.2. The van der Waals surface area contributed by atoms with E-state index in [1.54, 1.807) is 0 Å². The van der Waals surface area contributed by atoms with Gasteiger partial charge in [-0.25, -0.2) is 0 Å². The van der Waals surface area contributed by atoms with Crippen LogP contribution in [0.3, 0.4) is 0 Å². The fourth-order valence-corrected chi connectivity index (χ4v) is 5.97. The van der Waals surface area contributed by atoms with Crippen LogP contribution >= 0.6 is 18.6 Å². The molecule has 2 rings (SSSR count). The average molecular weight is 273 g/mol. The van der Waals surface area contributed by atoms with Crippen molar-refractivity contribution in [1.82, 2.24) is 0 Å². The van der Waals surface area contributed by atoms with E-state index in [1.165, 1.54) is 0 Å². The Morgan fingerprint density at radius 1 is 0.600 bits per heavy atom. The number of benzene rings is 2. The molecule has 0 saturated carbocycles. The minimum atomic E-state index is -3.05. The molecule has 0 unspecified atom stereocenters. The van der Waals surface area contributed by atoms with Crippen molar-refractivity contribution < 1.29 is 14.5 Å². The van der Waals surface area contributed by atoms with E-state index >= 15 is 0 Å². The molecule has 2 aromatic rings. The predicted octanol–water partition coefficient (Wildman–Crippen LogP) is 3.10. The Bertz CT molecular complexity index is 384. The molecule has 0 amide bonds. The summed E-state index contributed by atoms with van der Waals surface area (Å²) >= 11 is -3.05. The Balaban J connectivity index is 2.44. The zero-order chi connectivity index (χ0) is 10.7. The van der Waals surface area contributed by atoms with Crippen LogP contribution in [0.2, 0.25) is 0 Å². The second-order valence-corrected chi connectivity index (χ2v) is 12.4. The first-order valence-electron chi connectivity index (χ1n) is 4.70. The molecule has 0 aliphatic carbocycles. The van der Waals surface area contributed by atoms with E-state index in [-0.39, 0.29) is 0 Å². The number of hydrogen-bond donors (Lipinski definition) is 0. The molecule has 15 heavy (non-hydrogen) atoms. The van der Waals surface area contributed by atoms with Gasteiger partial charge in [0.1, 0.15) is 0 Å².